The van der Waals surface area contributed by atoms with Gasteiger partial charge in [0.2, 0.25) is 0 Å². The highest BCUT2D eigenvalue weighted by Crippen LogP contribution is 2.30. The summed E-state index contributed by atoms with van der Waals surface area (Å²) in [4.78, 5) is 13.0. The van der Waals surface area contributed by atoms with Gasteiger partial charge in [0.1, 0.15) is 7.85 Å². The van der Waals surface area contributed by atoms with Crippen molar-refractivity contribution in [2.45, 2.75) is 12.8 Å². The number of hydrogen-bond donors (Lipinski definition) is 1. The predicted molar refractivity (Wildman–Crippen MR) is 128 cm³/mol. The van der Waals surface area contributed by atoms with Gasteiger partial charge in [0.15, 0.2) is 0 Å². The largest absolute Gasteiger partial charge is 0.352 e. The first kappa shape index (κ1) is 19.4. The van der Waals surface area contributed by atoms with E-state index in [0.717, 1.165) is 34.5 Å². The molecule has 0 aliphatic heterocycles. The Hall–Kier alpha value is -3.60. The molecule has 1 fully saturated rings. The molecule has 4 nitrogen and oxygen atoms in total. The monoisotopic (exact) mass is 405 g/mol. The fraction of sp³-hybridized carbons (Fsp3) is 0.154. The fourth-order valence-electron chi connectivity index (χ4n) is 3.85. The number of amides is 1. The molecule has 0 saturated heterocycles. The fourth-order valence-corrected chi connectivity index (χ4v) is 3.85. The highest BCUT2D eigenvalue weighted by molar-refractivity contribution is 6.32. The summed E-state index contributed by atoms with van der Waals surface area (Å²) >= 11 is 0. The van der Waals surface area contributed by atoms with Crippen molar-refractivity contribution in [3.8, 4) is 28.1 Å². The maximum absolute atomic E-state index is 13.0. The lowest BCUT2D eigenvalue weighted by Gasteiger charge is -2.12. The Bertz CT molecular complexity index is 1210. The first-order chi connectivity index (χ1) is 15.2. The lowest BCUT2D eigenvalue weighted by Crippen LogP contribution is -2.25. The molecule has 4 aromatic rings. The molecule has 1 aromatic heterocycles. The van der Waals surface area contributed by atoms with Crippen molar-refractivity contribution in [2.24, 2.45) is 5.92 Å². The van der Waals surface area contributed by atoms with Crippen molar-refractivity contribution in [2.75, 3.05) is 6.54 Å². The Kier molecular flexibility index (Phi) is 5.17. The Balaban J connectivity index is 1.56. The SMILES string of the molecule is Bc1cccc(-n2ncc(C(=O)NCC3CC3)c2-c2ccc(-c3ccccc3)cc2)c1. The zero-order chi connectivity index (χ0) is 21.2. The molecule has 0 unspecified atom stereocenters. The minimum absolute atomic E-state index is 0.0621. The average Bonchev–Trinajstić information content (AvgIpc) is 3.54. The van der Waals surface area contributed by atoms with E-state index in [2.05, 4.69) is 66.8 Å². The zero-order valence-corrected chi connectivity index (χ0v) is 17.6. The Labute approximate surface area is 183 Å². The first-order valence-corrected chi connectivity index (χ1v) is 10.8. The van der Waals surface area contributed by atoms with E-state index in [1.807, 2.05) is 35.0 Å². The minimum atomic E-state index is -0.0621. The van der Waals surface area contributed by atoms with Gasteiger partial charge in [-0.15, -0.1) is 0 Å². The van der Waals surface area contributed by atoms with E-state index in [1.165, 1.54) is 18.4 Å². The van der Waals surface area contributed by atoms with Gasteiger partial charge >= 0.3 is 0 Å². The molecular weight excluding hydrogens is 381 g/mol. The average molecular weight is 405 g/mol. The van der Waals surface area contributed by atoms with Gasteiger partial charge in [-0.1, -0.05) is 72.2 Å². The minimum Gasteiger partial charge on any atom is -0.352 e. The van der Waals surface area contributed by atoms with Crippen LogP contribution in [-0.4, -0.2) is 30.1 Å². The second-order valence-electron chi connectivity index (χ2n) is 8.25. The second kappa shape index (κ2) is 8.27. The maximum atomic E-state index is 13.0. The number of nitrogens with one attached hydrogen (secondary N) is 1. The van der Waals surface area contributed by atoms with Crippen molar-refractivity contribution < 1.29 is 4.79 Å². The van der Waals surface area contributed by atoms with Crippen LogP contribution in [-0.2, 0) is 0 Å². The summed E-state index contributed by atoms with van der Waals surface area (Å²) in [5, 5.41) is 7.70. The molecule has 0 radical (unpaired) electrons. The van der Waals surface area contributed by atoms with Crippen LogP contribution in [0.1, 0.15) is 23.2 Å². The normalized spacial score (nSPS) is 13.2. The van der Waals surface area contributed by atoms with Crippen molar-refractivity contribution in [3.05, 3.63) is 90.6 Å². The molecule has 1 N–H and O–H groups in total. The number of benzene rings is 3. The summed E-state index contributed by atoms with van der Waals surface area (Å²) in [6, 6.07) is 26.8. The van der Waals surface area contributed by atoms with E-state index >= 15 is 0 Å². The molecule has 1 amide bonds. The Morgan fingerprint density at radius 1 is 0.935 bits per heavy atom. The van der Waals surface area contributed by atoms with Crippen LogP contribution in [0.5, 0.6) is 0 Å². The standard InChI is InChI=1S/C26H24BN3O/c27-22-7-4-8-23(15-22)30-25(24(17-29-30)26(31)28-16-18-9-10-18)21-13-11-20(12-14-21)19-5-2-1-3-6-19/h1-8,11-15,17-18H,9-10,16,27H2,(H,28,31). The molecule has 1 aliphatic carbocycles. The van der Waals surface area contributed by atoms with Gasteiger partial charge in [-0.05, 0) is 42.0 Å². The molecule has 152 valence electrons. The third kappa shape index (κ3) is 4.17. The topological polar surface area (TPSA) is 46.9 Å². The van der Waals surface area contributed by atoms with Crippen LogP contribution in [0.3, 0.4) is 0 Å². The number of nitrogens with zero attached hydrogens (tertiary/aromatic N) is 2. The van der Waals surface area contributed by atoms with Crippen molar-refractivity contribution >= 4 is 19.2 Å². The molecule has 5 heteroatoms. The number of carbonyl (C=O) groups is 1. The maximum Gasteiger partial charge on any atom is 0.255 e. The van der Waals surface area contributed by atoms with Crippen LogP contribution in [0.2, 0.25) is 0 Å². The summed E-state index contributed by atoms with van der Waals surface area (Å²) < 4.78 is 1.87. The van der Waals surface area contributed by atoms with Gasteiger partial charge in [0.25, 0.3) is 5.91 Å². The van der Waals surface area contributed by atoms with E-state index < -0.39 is 0 Å². The summed E-state index contributed by atoms with van der Waals surface area (Å²) in [6.45, 7) is 0.737. The first-order valence-electron chi connectivity index (χ1n) is 10.8. The van der Waals surface area contributed by atoms with E-state index in [1.54, 1.807) is 6.20 Å². The predicted octanol–water partition coefficient (Wildman–Crippen LogP) is 3.60. The van der Waals surface area contributed by atoms with Crippen LogP contribution in [0.15, 0.2) is 85.1 Å². The molecule has 31 heavy (non-hydrogen) atoms. The van der Waals surface area contributed by atoms with E-state index in [9.17, 15) is 4.79 Å². The van der Waals surface area contributed by atoms with Gasteiger partial charge in [-0.25, -0.2) is 4.68 Å². The Morgan fingerprint density at radius 3 is 2.35 bits per heavy atom. The third-order valence-corrected chi connectivity index (χ3v) is 5.77. The van der Waals surface area contributed by atoms with Gasteiger partial charge < -0.3 is 5.32 Å². The number of rotatable bonds is 6. The zero-order valence-electron chi connectivity index (χ0n) is 17.6. The summed E-state index contributed by atoms with van der Waals surface area (Å²) in [6.07, 6.45) is 4.10. The van der Waals surface area contributed by atoms with E-state index in [-0.39, 0.29) is 5.91 Å². The highest BCUT2D eigenvalue weighted by Gasteiger charge is 2.24. The van der Waals surface area contributed by atoms with Gasteiger partial charge in [0, 0.05) is 12.1 Å². The summed E-state index contributed by atoms with van der Waals surface area (Å²) in [5.74, 6) is 0.567. The van der Waals surface area contributed by atoms with Crippen molar-refractivity contribution in [1.82, 2.24) is 15.1 Å². The van der Waals surface area contributed by atoms with Crippen LogP contribution in [0.25, 0.3) is 28.1 Å². The summed E-state index contributed by atoms with van der Waals surface area (Å²) in [5.41, 5.74) is 6.80. The second-order valence-corrected chi connectivity index (χ2v) is 8.25. The number of aromatic nitrogens is 2. The molecule has 1 aliphatic rings. The van der Waals surface area contributed by atoms with Crippen LogP contribution >= 0.6 is 0 Å². The summed E-state index contributed by atoms with van der Waals surface area (Å²) in [7, 11) is 2.06. The van der Waals surface area contributed by atoms with Crippen LogP contribution < -0.4 is 10.8 Å². The molecule has 1 heterocycles. The van der Waals surface area contributed by atoms with Gasteiger partial charge in [-0.3, -0.25) is 4.79 Å². The lowest BCUT2D eigenvalue weighted by atomic mass is 9.96. The highest BCUT2D eigenvalue weighted by atomic mass is 16.1. The number of hydrogen-bond acceptors (Lipinski definition) is 2. The lowest BCUT2D eigenvalue weighted by molar-refractivity contribution is 0.0952. The van der Waals surface area contributed by atoms with Gasteiger partial charge in [-0.2, -0.15) is 5.10 Å². The molecule has 0 atom stereocenters. The van der Waals surface area contributed by atoms with Crippen molar-refractivity contribution in [1.29, 1.82) is 0 Å². The molecule has 3 aromatic carbocycles. The molecule has 0 spiro atoms. The molecule has 5 rings (SSSR count). The van der Waals surface area contributed by atoms with Crippen LogP contribution in [0.4, 0.5) is 0 Å². The number of carbonyl (C=O) groups excluding carboxylic acids is 1. The molecule has 1 saturated carbocycles. The van der Waals surface area contributed by atoms with E-state index in [0.29, 0.717) is 11.5 Å². The van der Waals surface area contributed by atoms with E-state index in [4.69, 9.17) is 0 Å². The Morgan fingerprint density at radius 2 is 1.65 bits per heavy atom. The van der Waals surface area contributed by atoms with Crippen LogP contribution in [0, 0.1) is 5.92 Å². The quantitative estimate of drug-likeness (QED) is 0.499. The molecule has 0 bridgehead atoms. The smallest absolute Gasteiger partial charge is 0.255 e. The van der Waals surface area contributed by atoms with Crippen molar-refractivity contribution in [3.63, 3.8) is 0 Å². The molecular formula is C26H24BN3O. The van der Waals surface area contributed by atoms with Gasteiger partial charge in [0.05, 0.1) is 23.1 Å². The third-order valence-electron chi connectivity index (χ3n) is 5.77.